The van der Waals surface area contributed by atoms with E-state index in [0.29, 0.717) is 11.3 Å². The normalized spacial score (nSPS) is 24.1. The molecule has 1 aliphatic rings. The standard InChI is InChI=1S/C15H22ClNS/c1-2-11-17-13-8-4-6-10-15(13)18-14-9-5-3-7-12(14)16/h3,5,7,9,13,15,17H,2,4,6,8,10-11H2,1H3. The van der Waals surface area contributed by atoms with Crippen molar-refractivity contribution in [3.8, 4) is 0 Å². The lowest BCUT2D eigenvalue weighted by molar-refractivity contribution is 0.384. The van der Waals surface area contributed by atoms with E-state index in [0.717, 1.165) is 11.6 Å². The van der Waals surface area contributed by atoms with Gasteiger partial charge in [-0.25, -0.2) is 0 Å². The van der Waals surface area contributed by atoms with Crippen LogP contribution in [0.3, 0.4) is 0 Å². The third-order valence-corrected chi connectivity index (χ3v) is 5.39. The molecule has 0 amide bonds. The van der Waals surface area contributed by atoms with Crippen LogP contribution in [0.2, 0.25) is 5.02 Å². The smallest absolute Gasteiger partial charge is 0.0541 e. The largest absolute Gasteiger partial charge is 0.313 e. The van der Waals surface area contributed by atoms with Gasteiger partial charge in [0.05, 0.1) is 5.02 Å². The highest BCUT2D eigenvalue weighted by molar-refractivity contribution is 8.00. The van der Waals surface area contributed by atoms with Crippen LogP contribution < -0.4 is 5.32 Å². The van der Waals surface area contributed by atoms with Crippen LogP contribution in [-0.4, -0.2) is 17.8 Å². The SMILES string of the molecule is CCCNC1CCCCC1Sc1ccccc1Cl. The molecule has 2 unspecified atom stereocenters. The van der Waals surface area contributed by atoms with Crippen LogP contribution in [0.15, 0.2) is 29.2 Å². The molecule has 0 saturated heterocycles. The number of hydrogen-bond acceptors (Lipinski definition) is 2. The van der Waals surface area contributed by atoms with Crippen LogP contribution >= 0.6 is 23.4 Å². The van der Waals surface area contributed by atoms with Gasteiger partial charge < -0.3 is 5.32 Å². The highest BCUT2D eigenvalue weighted by Gasteiger charge is 2.25. The van der Waals surface area contributed by atoms with Gasteiger partial charge in [-0.3, -0.25) is 0 Å². The van der Waals surface area contributed by atoms with Crippen LogP contribution in [0.4, 0.5) is 0 Å². The first-order valence-electron chi connectivity index (χ1n) is 6.96. The van der Waals surface area contributed by atoms with Crippen molar-refractivity contribution in [1.82, 2.24) is 5.32 Å². The average Bonchev–Trinajstić information content (AvgIpc) is 2.40. The molecule has 0 bridgehead atoms. The minimum absolute atomic E-state index is 0.653. The molecule has 0 spiro atoms. The Bertz CT molecular complexity index is 369. The van der Waals surface area contributed by atoms with Crippen LogP contribution in [0.1, 0.15) is 39.0 Å². The van der Waals surface area contributed by atoms with Gasteiger partial charge in [0.2, 0.25) is 0 Å². The Labute approximate surface area is 120 Å². The molecule has 100 valence electrons. The lowest BCUT2D eigenvalue weighted by atomic mass is 9.95. The van der Waals surface area contributed by atoms with E-state index in [1.54, 1.807) is 0 Å². The Kier molecular flexibility index (Phi) is 5.87. The van der Waals surface area contributed by atoms with Crippen molar-refractivity contribution in [2.75, 3.05) is 6.54 Å². The molecule has 2 atom stereocenters. The molecule has 0 aromatic heterocycles. The molecule has 1 nitrogen and oxygen atoms in total. The minimum Gasteiger partial charge on any atom is -0.313 e. The third kappa shape index (κ3) is 3.91. The highest BCUT2D eigenvalue weighted by atomic mass is 35.5. The highest BCUT2D eigenvalue weighted by Crippen LogP contribution is 2.37. The van der Waals surface area contributed by atoms with Gasteiger partial charge in [-0.1, -0.05) is 43.5 Å². The summed E-state index contributed by atoms with van der Waals surface area (Å²) in [6, 6.07) is 8.85. The van der Waals surface area contributed by atoms with Crippen molar-refractivity contribution in [3.05, 3.63) is 29.3 Å². The van der Waals surface area contributed by atoms with E-state index in [4.69, 9.17) is 11.6 Å². The van der Waals surface area contributed by atoms with Crippen LogP contribution in [0, 0.1) is 0 Å². The second kappa shape index (κ2) is 7.42. The molecular weight excluding hydrogens is 262 g/mol. The molecule has 1 fully saturated rings. The van der Waals surface area contributed by atoms with E-state index in [2.05, 4.69) is 24.4 Å². The van der Waals surface area contributed by atoms with E-state index in [1.807, 2.05) is 23.9 Å². The number of benzene rings is 1. The quantitative estimate of drug-likeness (QED) is 0.837. The maximum atomic E-state index is 6.25. The summed E-state index contributed by atoms with van der Waals surface area (Å²) in [7, 11) is 0. The minimum atomic E-state index is 0.653. The summed E-state index contributed by atoms with van der Waals surface area (Å²) in [6.45, 7) is 3.36. The maximum Gasteiger partial charge on any atom is 0.0541 e. The molecular formula is C15H22ClNS. The van der Waals surface area contributed by atoms with Gasteiger partial charge in [0.15, 0.2) is 0 Å². The summed E-state index contributed by atoms with van der Waals surface area (Å²) in [5.41, 5.74) is 0. The fraction of sp³-hybridized carbons (Fsp3) is 0.600. The lowest BCUT2D eigenvalue weighted by Gasteiger charge is -2.32. The van der Waals surface area contributed by atoms with E-state index in [-0.39, 0.29) is 0 Å². The molecule has 1 aromatic carbocycles. The van der Waals surface area contributed by atoms with E-state index >= 15 is 0 Å². The molecule has 0 radical (unpaired) electrons. The number of halogens is 1. The van der Waals surface area contributed by atoms with Crippen molar-refractivity contribution in [1.29, 1.82) is 0 Å². The van der Waals surface area contributed by atoms with Crippen molar-refractivity contribution in [2.45, 2.75) is 55.2 Å². The molecule has 3 heteroatoms. The maximum absolute atomic E-state index is 6.25. The Balaban J connectivity index is 1.98. The molecule has 1 aromatic rings. The predicted octanol–water partition coefficient (Wildman–Crippen LogP) is 4.74. The van der Waals surface area contributed by atoms with Crippen molar-refractivity contribution in [3.63, 3.8) is 0 Å². The molecule has 2 rings (SSSR count). The summed E-state index contributed by atoms with van der Waals surface area (Å²) < 4.78 is 0. The zero-order valence-electron chi connectivity index (χ0n) is 11.0. The van der Waals surface area contributed by atoms with Gasteiger partial charge in [0.25, 0.3) is 0 Å². The van der Waals surface area contributed by atoms with Crippen molar-refractivity contribution >= 4 is 23.4 Å². The molecule has 1 N–H and O–H groups in total. The fourth-order valence-electron chi connectivity index (χ4n) is 2.50. The summed E-state index contributed by atoms with van der Waals surface area (Å²) in [5.74, 6) is 0. The molecule has 0 heterocycles. The Morgan fingerprint density at radius 2 is 2.06 bits per heavy atom. The zero-order chi connectivity index (χ0) is 12.8. The van der Waals surface area contributed by atoms with Crippen molar-refractivity contribution < 1.29 is 0 Å². The molecule has 18 heavy (non-hydrogen) atoms. The Hall–Kier alpha value is -0.180. The lowest BCUT2D eigenvalue weighted by Crippen LogP contribution is -2.40. The first-order valence-corrected chi connectivity index (χ1v) is 8.21. The van der Waals surface area contributed by atoms with Gasteiger partial charge >= 0.3 is 0 Å². The van der Waals surface area contributed by atoms with Gasteiger partial charge in [-0.05, 0) is 37.9 Å². The van der Waals surface area contributed by atoms with Gasteiger partial charge in [0.1, 0.15) is 0 Å². The van der Waals surface area contributed by atoms with Gasteiger partial charge in [-0.2, -0.15) is 0 Å². The van der Waals surface area contributed by atoms with E-state index in [9.17, 15) is 0 Å². The first-order chi connectivity index (χ1) is 8.81. The summed E-state index contributed by atoms with van der Waals surface area (Å²) in [6.07, 6.45) is 6.53. The summed E-state index contributed by atoms with van der Waals surface area (Å²) >= 11 is 8.21. The summed E-state index contributed by atoms with van der Waals surface area (Å²) in [5, 5.41) is 5.26. The molecule has 0 aliphatic heterocycles. The van der Waals surface area contributed by atoms with E-state index in [1.165, 1.54) is 37.0 Å². The second-order valence-electron chi connectivity index (χ2n) is 4.93. The van der Waals surface area contributed by atoms with Crippen LogP contribution in [0.25, 0.3) is 0 Å². The molecule has 1 saturated carbocycles. The topological polar surface area (TPSA) is 12.0 Å². The van der Waals surface area contributed by atoms with Gasteiger partial charge in [0, 0.05) is 16.2 Å². The predicted molar refractivity (Wildman–Crippen MR) is 81.6 cm³/mol. The Morgan fingerprint density at radius 1 is 1.28 bits per heavy atom. The zero-order valence-corrected chi connectivity index (χ0v) is 12.6. The third-order valence-electron chi connectivity index (χ3n) is 3.47. The van der Waals surface area contributed by atoms with Crippen molar-refractivity contribution in [2.24, 2.45) is 0 Å². The number of rotatable bonds is 5. The fourth-order valence-corrected chi connectivity index (χ4v) is 4.12. The summed E-state index contributed by atoms with van der Waals surface area (Å²) in [4.78, 5) is 1.23. The van der Waals surface area contributed by atoms with Crippen LogP contribution in [-0.2, 0) is 0 Å². The number of nitrogens with one attached hydrogen (secondary N) is 1. The average molecular weight is 284 g/mol. The molecule has 1 aliphatic carbocycles. The second-order valence-corrected chi connectivity index (χ2v) is 6.62. The van der Waals surface area contributed by atoms with E-state index < -0.39 is 0 Å². The number of hydrogen-bond donors (Lipinski definition) is 1. The van der Waals surface area contributed by atoms with Crippen LogP contribution in [0.5, 0.6) is 0 Å². The van der Waals surface area contributed by atoms with Gasteiger partial charge in [-0.15, -0.1) is 11.8 Å². The number of thioether (sulfide) groups is 1. The first kappa shape index (κ1) is 14.2. The Morgan fingerprint density at radius 3 is 2.83 bits per heavy atom. The monoisotopic (exact) mass is 283 g/mol.